The van der Waals surface area contributed by atoms with Crippen LogP contribution in [0.1, 0.15) is 239 Å². The molecule has 0 fully saturated rings. The third-order valence-electron chi connectivity index (χ3n) is 12.1. The van der Waals surface area contributed by atoms with E-state index in [1.54, 1.807) is 0 Å². The predicted molar refractivity (Wildman–Crippen MR) is 320 cm³/mol. The zero-order chi connectivity index (χ0) is 52.7. The molecule has 0 aromatic rings. The van der Waals surface area contributed by atoms with Gasteiger partial charge in [-0.05, 0) is 128 Å². The number of carbonyl (C=O) groups excluding carboxylic acids is 2. The van der Waals surface area contributed by atoms with Crippen LogP contribution in [0.2, 0.25) is 0 Å². The minimum Gasteiger partial charge on any atom is -0.462 e. The molecular weight excluding hydrogens is 897 g/mol. The number of aliphatic hydroxyl groups is 1. The van der Waals surface area contributed by atoms with Gasteiger partial charge in [-0.15, -0.1) is 0 Å². The van der Waals surface area contributed by atoms with E-state index in [4.69, 9.17) is 9.47 Å². The Balaban J connectivity index is 3.64. The van der Waals surface area contributed by atoms with Gasteiger partial charge in [0.25, 0.3) is 0 Å². The van der Waals surface area contributed by atoms with Crippen molar-refractivity contribution in [2.24, 2.45) is 0 Å². The molecule has 1 atom stereocenters. The summed E-state index contributed by atoms with van der Waals surface area (Å²) in [4.78, 5) is 24.5. The topological polar surface area (TPSA) is 72.8 Å². The van der Waals surface area contributed by atoms with E-state index in [0.29, 0.717) is 12.8 Å². The molecule has 0 radical (unpaired) electrons. The Morgan fingerprint density at radius 3 is 0.890 bits per heavy atom. The van der Waals surface area contributed by atoms with Gasteiger partial charge < -0.3 is 14.6 Å². The van der Waals surface area contributed by atoms with E-state index in [0.717, 1.165) is 128 Å². The normalized spacial score (nSPS) is 13.4. The Hall–Kier alpha value is -4.48. The number of hydrogen-bond acceptors (Lipinski definition) is 5. The lowest BCUT2D eigenvalue weighted by Crippen LogP contribution is -2.28. The predicted octanol–water partition coefficient (Wildman–Crippen LogP) is 20.4. The fourth-order valence-corrected chi connectivity index (χ4v) is 7.65. The first-order valence-electron chi connectivity index (χ1n) is 29.5. The maximum Gasteiger partial charge on any atom is 0.306 e. The highest BCUT2D eigenvalue weighted by atomic mass is 16.6. The number of esters is 2. The monoisotopic (exact) mass is 1000 g/mol. The summed E-state index contributed by atoms with van der Waals surface area (Å²) in [6, 6.07) is 0. The molecule has 0 aliphatic rings. The van der Waals surface area contributed by atoms with Crippen LogP contribution in [0.15, 0.2) is 158 Å². The van der Waals surface area contributed by atoms with Gasteiger partial charge >= 0.3 is 11.9 Å². The molecule has 5 nitrogen and oxygen atoms in total. The molecule has 0 rings (SSSR count). The van der Waals surface area contributed by atoms with Crippen LogP contribution in [0.25, 0.3) is 0 Å². The molecule has 0 saturated carbocycles. The Kier molecular flexibility index (Phi) is 58.0. The first-order valence-corrected chi connectivity index (χ1v) is 29.5. The van der Waals surface area contributed by atoms with Gasteiger partial charge in [-0.3, -0.25) is 9.59 Å². The zero-order valence-electron chi connectivity index (χ0n) is 46.8. The summed E-state index contributed by atoms with van der Waals surface area (Å²) >= 11 is 0. The van der Waals surface area contributed by atoms with E-state index in [-0.39, 0.29) is 25.2 Å². The first-order chi connectivity index (χ1) is 36.1. The van der Waals surface area contributed by atoms with Gasteiger partial charge in [-0.2, -0.15) is 0 Å². The van der Waals surface area contributed by atoms with Crippen LogP contribution in [0, 0.1) is 0 Å². The summed E-state index contributed by atoms with van der Waals surface area (Å²) in [7, 11) is 0. The lowest BCUT2D eigenvalue weighted by atomic mass is 10.1. The summed E-state index contributed by atoms with van der Waals surface area (Å²) in [6.07, 6.45) is 95.0. The smallest absolute Gasteiger partial charge is 0.306 e. The van der Waals surface area contributed by atoms with Crippen LogP contribution in [0.5, 0.6) is 0 Å². The Morgan fingerprint density at radius 1 is 0.329 bits per heavy atom. The number of unbranched alkanes of at least 4 members (excludes halogenated alkanes) is 18. The van der Waals surface area contributed by atoms with E-state index in [9.17, 15) is 14.7 Å². The van der Waals surface area contributed by atoms with Crippen molar-refractivity contribution < 1.29 is 24.2 Å². The quantitative estimate of drug-likeness (QED) is 0.0373. The Labute approximate surface area is 450 Å². The number of allylic oxidation sites excluding steroid dienone is 26. The first kappa shape index (κ1) is 68.5. The molecule has 0 amide bonds. The number of aliphatic hydroxyl groups excluding tert-OH is 1. The third-order valence-corrected chi connectivity index (χ3v) is 12.1. The highest BCUT2D eigenvalue weighted by Gasteiger charge is 2.16. The SMILES string of the molecule is CC/C=C\C/C=C\C/C=C\C/C=C\C/C=C\C/C=C\C/C=C\C/C=C\C/C=C\C/C=C\C/C=C\CCCCCCCCCC(=O)OC(CO)COC(=O)CCCCCCCCC/C=C\C/C=C\CCCCCC. The molecule has 0 aromatic carbocycles. The number of hydrogen-bond donors (Lipinski definition) is 1. The van der Waals surface area contributed by atoms with Crippen LogP contribution < -0.4 is 0 Å². The maximum absolute atomic E-state index is 12.3. The molecule has 0 aliphatic carbocycles. The third kappa shape index (κ3) is 60.0. The second-order valence-electron chi connectivity index (χ2n) is 19.0. The van der Waals surface area contributed by atoms with E-state index in [2.05, 4.69) is 172 Å². The second-order valence-corrected chi connectivity index (χ2v) is 19.0. The molecule has 1 unspecified atom stereocenters. The van der Waals surface area contributed by atoms with Gasteiger partial charge in [0.15, 0.2) is 6.10 Å². The van der Waals surface area contributed by atoms with Gasteiger partial charge in [-0.1, -0.05) is 255 Å². The van der Waals surface area contributed by atoms with Crippen molar-refractivity contribution in [3.8, 4) is 0 Å². The zero-order valence-corrected chi connectivity index (χ0v) is 46.8. The fraction of sp³-hybridized carbons (Fsp3) is 0.588. The lowest BCUT2D eigenvalue weighted by molar-refractivity contribution is -0.161. The number of carbonyl (C=O) groups is 2. The molecule has 0 aliphatic heterocycles. The fourth-order valence-electron chi connectivity index (χ4n) is 7.65. The van der Waals surface area contributed by atoms with Crippen molar-refractivity contribution in [1.29, 1.82) is 0 Å². The standard InChI is InChI=1S/C68H108O5/c1-3-5-7-9-11-13-15-17-19-21-23-24-25-26-27-28-29-30-31-32-33-34-35-36-37-38-39-40-41-42-43-44-45-47-49-51-53-55-57-59-61-63-68(71)73-66(64-69)65-72-67(70)62-60-58-56-54-52-50-48-46-22-20-18-16-14-12-10-8-6-4-2/h5,7,11,13-14,16-17,19-20,22-24,26-27,29-30,32-33,35-36,38-39,41-42,44-45,66,69H,3-4,6,8-10,12,15,18,21,25,28,31,34,37,40,43,46-65H2,1-2H3/b7-5-,13-11-,16-14-,19-17-,22-20-,24-23-,27-26-,30-29-,33-32-,36-35-,39-38-,42-41-,45-44-. The van der Waals surface area contributed by atoms with Crippen molar-refractivity contribution in [3.05, 3.63) is 158 Å². The van der Waals surface area contributed by atoms with Crippen molar-refractivity contribution in [1.82, 2.24) is 0 Å². The lowest BCUT2D eigenvalue weighted by Gasteiger charge is -2.15. The van der Waals surface area contributed by atoms with Crippen LogP contribution >= 0.6 is 0 Å². The second kappa shape index (κ2) is 61.8. The summed E-state index contributed by atoms with van der Waals surface area (Å²) in [5, 5.41) is 9.65. The molecule has 73 heavy (non-hydrogen) atoms. The van der Waals surface area contributed by atoms with E-state index >= 15 is 0 Å². The minimum absolute atomic E-state index is 0.0832. The van der Waals surface area contributed by atoms with Gasteiger partial charge in [-0.25, -0.2) is 0 Å². The summed E-state index contributed by atoms with van der Waals surface area (Å²) < 4.78 is 10.7. The van der Waals surface area contributed by atoms with E-state index in [1.165, 1.54) is 83.5 Å². The van der Waals surface area contributed by atoms with Crippen LogP contribution in [0.4, 0.5) is 0 Å². The molecule has 0 aromatic heterocycles. The Morgan fingerprint density at radius 2 is 0.589 bits per heavy atom. The van der Waals surface area contributed by atoms with Gasteiger partial charge in [0, 0.05) is 12.8 Å². The number of rotatable bonds is 52. The molecular formula is C68H108O5. The molecule has 1 N–H and O–H groups in total. The van der Waals surface area contributed by atoms with Gasteiger partial charge in [0.2, 0.25) is 0 Å². The number of ether oxygens (including phenoxy) is 2. The highest BCUT2D eigenvalue weighted by Crippen LogP contribution is 2.13. The molecule has 0 bridgehead atoms. The van der Waals surface area contributed by atoms with Gasteiger partial charge in [0.05, 0.1) is 6.61 Å². The average molecular weight is 1010 g/mol. The largest absolute Gasteiger partial charge is 0.462 e. The highest BCUT2D eigenvalue weighted by molar-refractivity contribution is 5.70. The summed E-state index contributed by atoms with van der Waals surface area (Å²) in [5.74, 6) is -0.621. The van der Waals surface area contributed by atoms with Gasteiger partial charge in [0.1, 0.15) is 6.61 Å². The van der Waals surface area contributed by atoms with Crippen molar-refractivity contribution in [3.63, 3.8) is 0 Å². The van der Waals surface area contributed by atoms with Crippen molar-refractivity contribution in [2.45, 2.75) is 245 Å². The molecule has 0 spiro atoms. The minimum atomic E-state index is -0.793. The van der Waals surface area contributed by atoms with Crippen molar-refractivity contribution in [2.75, 3.05) is 13.2 Å². The van der Waals surface area contributed by atoms with Crippen LogP contribution in [0.3, 0.4) is 0 Å². The Bertz CT molecular complexity index is 1610. The van der Waals surface area contributed by atoms with Crippen LogP contribution in [-0.4, -0.2) is 36.4 Å². The molecule has 5 heteroatoms. The maximum atomic E-state index is 12.3. The molecule has 410 valence electrons. The van der Waals surface area contributed by atoms with Crippen LogP contribution in [-0.2, 0) is 19.1 Å². The summed E-state index contributed by atoms with van der Waals surface area (Å²) in [5.41, 5.74) is 0. The molecule has 0 saturated heterocycles. The average Bonchev–Trinajstić information content (AvgIpc) is 3.39. The van der Waals surface area contributed by atoms with E-state index < -0.39 is 6.10 Å². The van der Waals surface area contributed by atoms with Crippen molar-refractivity contribution >= 4 is 11.9 Å². The molecule has 0 heterocycles. The van der Waals surface area contributed by atoms with E-state index in [1.807, 2.05) is 0 Å². The summed E-state index contributed by atoms with van der Waals surface area (Å²) in [6.45, 7) is 3.99.